The van der Waals surface area contributed by atoms with E-state index >= 15 is 4.39 Å². The molecule has 2 aromatic heterocycles. The third-order valence-corrected chi connectivity index (χ3v) is 10.1. The van der Waals surface area contributed by atoms with Crippen LogP contribution in [0.1, 0.15) is 31.3 Å². The molecule has 3 aromatic carbocycles. The van der Waals surface area contributed by atoms with Crippen LogP contribution in [0.3, 0.4) is 0 Å². The molecule has 1 N–H and O–H groups in total. The van der Waals surface area contributed by atoms with Crippen LogP contribution in [0.15, 0.2) is 66.3 Å². The van der Waals surface area contributed by atoms with Crippen molar-refractivity contribution >= 4 is 55.4 Å². The van der Waals surface area contributed by atoms with Gasteiger partial charge in [-0.05, 0) is 55.8 Å². The molecule has 0 atom stereocenters. The van der Waals surface area contributed by atoms with Crippen LogP contribution in [-0.2, 0) is 23.2 Å². The maximum Gasteiger partial charge on any atom is 0.216 e. The van der Waals surface area contributed by atoms with Crippen molar-refractivity contribution in [2.45, 2.75) is 39.2 Å². The summed E-state index contributed by atoms with van der Waals surface area (Å²) in [5, 5.41) is 5.79. The molecule has 5 aromatic rings. The highest BCUT2D eigenvalue weighted by molar-refractivity contribution is 7.89. The summed E-state index contributed by atoms with van der Waals surface area (Å²) in [6.45, 7) is 5.60. The summed E-state index contributed by atoms with van der Waals surface area (Å²) in [6, 6.07) is 14.2. The van der Waals surface area contributed by atoms with E-state index in [-0.39, 0.29) is 24.5 Å². The number of hydrogen-bond acceptors (Lipinski definition) is 8. The number of rotatable bonds is 11. The van der Waals surface area contributed by atoms with Crippen molar-refractivity contribution in [2.75, 3.05) is 11.9 Å². The van der Waals surface area contributed by atoms with Gasteiger partial charge in [-0.15, -0.1) is 11.3 Å². The number of anilines is 2. The summed E-state index contributed by atoms with van der Waals surface area (Å²) in [4.78, 5) is 13.1. The lowest BCUT2D eigenvalue weighted by molar-refractivity contribution is 0.306. The first-order valence-electron chi connectivity index (χ1n) is 13.4. The molecule has 13 heteroatoms. The molecular weight excluding hydrogens is 616 g/mol. The summed E-state index contributed by atoms with van der Waals surface area (Å²) in [5.41, 5.74) is 2.28. The number of halogens is 3. The Hall–Kier alpha value is -3.71. The van der Waals surface area contributed by atoms with E-state index in [1.54, 1.807) is 62.5 Å². The van der Waals surface area contributed by atoms with Gasteiger partial charge in [-0.3, -0.25) is 0 Å². The van der Waals surface area contributed by atoms with Gasteiger partial charge in [-0.2, -0.15) is 4.31 Å². The first-order valence-corrected chi connectivity index (χ1v) is 16.1. The van der Waals surface area contributed by atoms with E-state index in [9.17, 15) is 12.8 Å². The number of aromatic nitrogens is 3. The average molecular weight is 644 g/mol. The summed E-state index contributed by atoms with van der Waals surface area (Å²) < 4.78 is 61.2. The second-order valence-corrected chi connectivity index (χ2v) is 13.7. The normalized spacial score (nSPS) is 11.9. The molecule has 0 aliphatic carbocycles. The van der Waals surface area contributed by atoms with Gasteiger partial charge in [-0.25, -0.2) is 32.2 Å². The average Bonchev–Trinajstić information content (AvgIpc) is 3.43. The van der Waals surface area contributed by atoms with Gasteiger partial charge in [0.1, 0.15) is 41.1 Å². The lowest BCUT2D eigenvalue weighted by Crippen LogP contribution is -2.35. The molecule has 2 heterocycles. The van der Waals surface area contributed by atoms with E-state index in [0.717, 1.165) is 0 Å². The van der Waals surface area contributed by atoms with E-state index in [1.807, 2.05) is 0 Å². The zero-order chi connectivity index (χ0) is 30.7. The van der Waals surface area contributed by atoms with E-state index in [1.165, 1.54) is 40.2 Å². The van der Waals surface area contributed by atoms with E-state index in [2.05, 4.69) is 20.3 Å². The molecular formula is C30H28ClF2N5O3S2. The highest BCUT2D eigenvalue weighted by atomic mass is 35.5. The molecule has 0 aliphatic heterocycles. The Bertz CT molecular complexity index is 1890. The third kappa shape index (κ3) is 6.93. The molecule has 43 heavy (non-hydrogen) atoms. The van der Waals surface area contributed by atoms with Crippen LogP contribution in [0.25, 0.3) is 22.2 Å². The Morgan fingerprint density at radius 1 is 1.09 bits per heavy atom. The van der Waals surface area contributed by atoms with Crippen LogP contribution < -0.4 is 10.1 Å². The molecule has 0 aliphatic rings. The van der Waals surface area contributed by atoms with E-state index in [0.29, 0.717) is 56.0 Å². The molecule has 0 spiro atoms. The maximum absolute atomic E-state index is 15.2. The van der Waals surface area contributed by atoms with Crippen LogP contribution in [0.4, 0.5) is 20.3 Å². The zero-order valence-electron chi connectivity index (χ0n) is 23.5. The molecule has 8 nitrogen and oxygen atoms in total. The van der Waals surface area contributed by atoms with Crippen molar-refractivity contribution in [3.8, 4) is 17.0 Å². The maximum atomic E-state index is 15.2. The Balaban J connectivity index is 1.38. The molecule has 0 amide bonds. The highest BCUT2D eigenvalue weighted by Gasteiger charge is 2.25. The van der Waals surface area contributed by atoms with Crippen molar-refractivity contribution in [2.24, 2.45) is 0 Å². The van der Waals surface area contributed by atoms with Crippen LogP contribution in [0.5, 0.6) is 5.75 Å². The van der Waals surface area contributed by atoms with Crippen LogP contribution in [-0.4, -0.2) is 39.5 Å². The molecule has 0 saturated heterocycles. The fraction of sp³-hybridized carbons (Fsp3) is 0.233. The molecule has 0 saturated carbocycles. The van der Waals surface area contributed by atoms with E-state index < -0.39 is 21.1 Å². The molecule has 0 unspecified atom stereocenters. The minimum atomic E-state index is -3.47. The number of fused-ring (bicyclic) bond motifs is 1. The minimum Gasteiger partial charge on any atom is -0.487 e. The lowest BCUT2D eigenvalue weighted by atomic mass is 10.1. The zero-order valence-corrected chi connectivity index (χ0v) is 25.9. The fourth-order valence-electron chi connectivity index (χ4n) is 4.33. The minimum absolute atomic E-state index is 0.107. The number of hydrogen-bond donors (Lipinski definition) is 1. The molecule has 0 radical (unpaired) electrons. The van der Waals surface area contributed by atoms with Crippen molar-refractivity contribution in [3.63, 3.8) is 0 Å². The largest absolute Gasteiger partial charge is 0.487 e. The van der Waals surface area contributed by atoms with E-state index in [4.69, 9.17) is 16.3 Å². The topological polar surface area (TPSA) is 97.3 Å². The van der Waals surface area contributed by atoms with Crippen molar-refractivity contribution < 1.29 is 21.9 Å². The Kier molecular flexibility index (Phi) is 9.21. The monoisotopic (exact) mass is 643 g/mol. The summed E-state index contributed by atoms with van der Waals surface area (Å²) >= 11 is 7.73. The van der Waals surface area contributed by atoms with Gasteiger partial charge in [-0.1, -0.05) is 30.7 Å². The number of ether oxygens (including phenoxy) is 1. The summed E-state index contributed by atoms with van der Waals surface area (Å²) in [6.07, 6.45) is 1.33. The Morgan fingerprint density at radius 2 is 1.91 bits per heavy atom. The standard InChI is InChI=1S/C30H28ClF2N5O3S2/c1-4-38(43(39,40)18(2)3)14-29-37-27(16-42-29)22-12-23-26(13-25(22)33)34-17-35-30(23)36-21-8-9-28(24(31)11-21)41-15-19-6-5-7-20(32)10-19/h5-13,16-18H,4,14-15H2,1-3H3,(H,34,35,36). The Labute approximate surface area is 257 Å². The highest BCUT2D eigenvalue weighted by Crippen LogP contribution is 2.34. The van der Waals surface area contributed by atoms with Gasteiger partial charge >= 0.3 is 0 Å². The van der Waals surface area contributed by atoms with Crippen molar-refractivity contribution in [1.29, 1.82) is 0 Å². The fourth-order valence-corrected chi connectivity index (χ4v) is 6.72. The lowest BCUT2D eigenvalue weighted by Gasteiger charge is -2.21. The SMILES string of the molecule is CCN(Cc1nc(-c2cc3c(Nc4ccc(OCc5cccc(F)c5)c(Cl)c4)ncnc3cc2F)cs1)S(=O)(=O)C(C)C. The van der Waals surface area contributed by atoms with Gasteiger partial charge in [0.05, 0.1) is 28.0 Å². The van der Waals surface area contributed by atoms with Gasteiger partial charge < -0.3 is 10.1 Å². The third-order valence-electron chi connectivity index (χ3n) is 6.65. The Morgan fingerprint density at radius 3 is 2.63 bits per heavy atom. The van der Waals surface area contributed by atoms with Crippen molar-refractivity contribution in [3.05, 3.63) is 93.5 Å². The second kappa shape index (κ2) is 12.9. The molecule has 224 valence electrons. The van der Waals surface area contributed by atoms with Gasteiger partial charge in [0.2, 0.25) is 10.0 Å². The van der Waals surface area contributed by atoms with Gasteiger partial charge in [0, 0.05) is 34.6 Å². The number of benzene rings is 3. The second-order valence-electron chi connectivity index (χ2n) is 9.91. The predicted octanol–water partition coefficient (Wildman–Crippen LogP) is 7.57. The summed E-state index contributed by atoms with van der Waals surface area (Å²) in [5.74, 6) is -0.0109. The quantitative estimate of drug-likeness (QED) is 0.159. The van der Waals surface area contributed by atoms with Gasteiger partial charge in [0.15, 0.2) is 0 Å². The van der Waals surface area contributed by atoms with Crippen LogP contribution in [0.2, 0.25) is 5.02 Å². The number of sulfonamides is 1. The smallest absolute Gasteiger partial charge is 0.216 e. The molecule has 0 fully saturated rings. The first-order chi connectivity index (χ1) is 20.5. The summed E-state index contributed by atoms with van der Waals surface area (Å²) in [7, 11) is -3.47. The van der Waals surface area contributed by atoms with Crippen LogP contribution in [0, 0.1) is 11.6 Å². The van der Waals surface area contributed by atoms with Crippen molar-refractivity contribution in [1.82, 2.24) is 19.3 Å². The van der Waals surface area contributed by atoms with Gasteiger partial charge in [0.25, 0.3) is 0 Å². The first kappa shape index (κ1) is 30.7. The molecule has 0 bridgehead atoms. The number of nitrogens with one attached hydrogen (secondary N) is 1. The van der Waals surface area contributed by atoms with Crippen LogP contribution >= 0.6 is 22.9 Å². The predicted molar refractivity (Wildman–Crippen MR) is 166 cm³/mol. The number of thiazole rings is 1. The number of nitrogens with zero attached hydrogens (tertiary/aromatic N) is 4. The molecule has 5 rings (SSSR count).